The van der Waals surface area contributed by atoms with E-state index in [2.05, 4.69) is 20.4 Å². The number of aryl methyl sites for hydroxylation is 1. The molecule has 1 atom stereocenters. The fourth-order valence-corrected chi connectivity index (χ4v) is 2.29. The van der Waals surface area contributed by atoms with Gasteiger partial charge in [0.1, 0.15) is 12.1 Å². The summed E-state index contributed by atoms with van der Waals surface area (Å²) in [5, 5.41) is 7.54. The molecule has 3 rings (SSSR count). The lowest BCUT2D eigenvalue weighted by molar-refractivity contribution is 0.107. The summed E-state index contributed by atoms with van der Waals surface area (Å²) in [7, 11) is 0. The van der Waals surface area contributed by atoms with Crippen molar-refractivity contribution in [2.45, 2.75) is 32.3 Å². The first-order valence-electron chi connectivity index (χ1n) is 6.36. The van der Waals surface area contributed by atoms with Crippen LogP contribution in [0.15, 0.2) is 12.4 Å². The van der Waals surface area contributed by atoms with Gasteiger partial charge in [0, 0.05) is 24.9 Å². The van der Waals surface area contributed by atoms with Gasteiger partial charge in [-0.3, -0.25) is 0 Å². The molecule has 1 saturated heterocycles. The topological polar surface area (TPSA) is 64.3 Å². The maximum Gasteiger partial charge on any atom is 0.254 e. The Bertz CT molecular complexity index is 532. The summed E-state index contributed by atoms with van der Waals surface area (Å²) in [5.41, 5.74) is 0.940. The van der Waals surface area contributed by atoms with Gasteiger partial charge in [0.2, 0.25) is 0 Å². The molecule has 1 aliphatic rings. The molecule has 2 aromatic rings. The molecule has 0 aliphatic carbocycles. The monoisotopic (exact) mass is 247 g/mol. The number of anilines is 1. The van der Waals surface area contributed by atoms with E-state index in [9.17, 15) is 0 Å². The van der Waals surface area contributed by atoms with Crippen LogP contribution in [0, 0.1) is 6.92 Å². The summed E-state index contributed by atoms with van der Waals surface area (Å²) in [6, 6.07) is 1.98. The summed E-state index contributed by atoms with van der Waals surface area (Å²) in [4.78, 5) is 8.41. The van der Waals surface area contributed by atoms with Crippen LogP contribution in [0.5, 0.6) is 0 Å². The minimum absolute atomic E-state index is 0.409. The fraction of sp³-hybridized carbons (Fsp3) is 0.583. The summed E-state index contributed by atoms with van der Waals surface area (Å²) >= 11 is 0. The largest absolute Gasteiger partial charge is 0.378 e. The maximum absolute atomic E-state index is 5.60. The average molecular weight is 247 g/mol. The molecular weight excluding hydrogens is 230 g/mol. The van der Waals surface area contributed by atoms with Crippen LogP contribution in [0.2, 0.25) is 0 Å². The van der Waals surface area contributed by atoms with Crippen molar-refractivity contribution in [2.24, 2.45) is 0 Å². The lowest BCUT2D eigenvalue weighted by Crippen LogP contribution is -2.14. The van der Waals surface area contributed by atoms with Crippen LogP contribution in [-0.4, -0.2) is 38.8 Å². The van der Waals surface area contributed by atoms with Crippen molar-refractivity contribution < 1.29 is 4.74 Å². The highest BCUT2D eigenvalue weighted by atomic mass is 16.5. The lowest BCUT2D eigenvalue weighted by atomic mass is 10.2. The first-order chi connectivity index (χ1) is 8.83. The van der Waals surface area contributed by atoms with E-state index >= 15 is 0 Å². The van der Waals surface area contributed by atoms with Crippen molar-refractivity contribution in [1.29, 1.82) is 0 Å². The molecule has 0 aromatic carbocycles. The molecule has 2 aromatic heterocycles. The van der Waals surface area contributed by atoms with Gasteiger partial charge in [-0.25, -0.2) is 4.98 Å². The Kier molecular flexibility index (Phi) is 3.10. The summed E-state index contributed by atoms with van der Waals surface area (Å²) in [5.74, 6) is 1.57. The van der Waals surface area contributed by atoms with Crippen molar-refractivity contribution in [3.8, 4) is 0 Å². The van der Waals surface area contributed by atoms with Gasteiger partial charge >= 0.3 is 0 Å². The van der Waals surface area contributed by atoms with Gasteiger partial charge in [-0.15, -0.1) is 0 Å². The SMILES string of the molecule is Cc1cc(NCC[C@H]2CCCO2)n2ncnc2n1. The molecule has 0 radical (unpaired) electrons. The Morgan fingerprint density at radius 2 is 2.50 bits per heavy atom. The molecule has 1 aliphatic heterocycles. The third-order valence-electron chi connectivity index (χ3n) is 3.18. The minimum Gasteiger partial charge on any atom is -0.378 e. The minimum atomic E-state index is 0.409. The van der Waals surface area contributed by atoms with E-state index < -0.39 is 0 Å². The zero-order valence-corrected chi connectivity index (χ0v) is 10.5. The zero-order chi connectivity index (χ0) is 12.4. The smallest absolute Gasteiger partial charge is 0.254 e. The first-order valence-corrected chi connectivity index (χ1v) is 6.36. The van der Waals surface area contributed by atoms with Crippen LogP contribution in [0.1, 0.15) is 25.0 Å². The predicted octanol–water partition coefficient (Wildman–Crippen LogP) is 1.41. The fourth-order valence-electron chi connectivity index (χ4n) is 2.29. The number of nitrogens with zero attached hydrogens (tertiary/aromatic N) is 4. The van der Waals surface area contributed by atoms with Gasteiger partial charge in [0.15, 0.2) is 0 Å². The normalized spacial score (nSPS) is 19.5. The highest BCUT2D eigenvalue weighted by Gasteiger charge is 2.15. The number of aromatic nitrogens is 4. The Morgan fingerprint density at radius 3 is 3.33 bits per heavy atom. The van der Waals surface area contributed by atoms with Crippen LogP contribution >= 0.6 is 0 Å². The lowest BCUT2D eigenvalue weighted by Gasteiger charge is -2.11. The van der Waals surface area contributed by atoms with E-state index in [-0.39, 0.29) is 0 Å². The summed E-state index contributed by atoms with van der Waals surface area (Å²) < 4.78 is 7.32. The van der Waals surface area contributed by atoms with Crippen LogP contribution < -0.4 is 5.32 Å². The Morgan fingerprint density at radius 1 is 1.56 bits per heavy atom. The van der Waals surface area contributed by atoms with E-state index in [1.54, 1.807) is 4.52 Å². The van der Waals surface area contributed by atoms with Crippen molar-refractivity contribution in [2.75, 3.05) is 18.5 Å². The average Bonchev–Trinajstić information content (AvgIpc) is 2.98. The molecule has 0 unspecified atom stereocenters. The molecule has 6 nitrogen and oxygen atoms in total. The molecule has 18 heavy (non-hydrogen) atoms. The van der Waals surface area contributed by atoms with Gasteiger partial charge in [-0.1, -0.05) is 0 Å². The number of rotatable bonds is 4. The zero-order valence-electron chi connectivity index (χ0n) is 10.5. The number of hydrogen-bond donors (Lipinski definition) is 1. The van der Waals surface area contributed by atoms with E-state index in [1.165, 1.54) is 19.2 Å². The van der Waals surface area contributed by atoms with Crippen LogP contribution in [0.25, 0.3) is 5.78 Å². The van der Waals surface area contributed by atoms with Gasteiger partial charge < -0.3 is 10.1 Å². The van der Waals surface area contributed by atoms with E-state index in [0.29, 0.717) is 11.9 Å². The quantitative estimate of drug-likeness (QED) is 0.885. The van der Waals surface area contributed by atoms with Crippen LogP contribution in [-0.2, 0) is 4.74 Å². The van der Waals surface area contributed by atoms with Crippen molar-refractivity contribution in [3.05, 3.63) is 18.1 Å². The summed E-state index contributed by atoms with van der Waals surface area (Å²) in [6.07, 6.45) is 5.32. The molecule has 1 N–H and O–H groups in total. The molecule has 3 heterocycles. The molecule has 0 spiro atoms. The van der Waals surface area contributed by atoms with Gasteiger partial charge in [-0.2, -0.15) is 14.6 Å². The number of fused-ring (bicyclic) bond motifs is 1. The highest BCUT2D eigenvalue weighted by molar-refractivity contribution is 5.44. The number of hydrogen-bond acceptors (Lipinski definition) is 5. The van der Waals surface area contributed by atoms with Crippen molar-refractivity contribution in [3.63, 3.8) is 0 Å². The third-order valence-corrected chi connectivity index (χ3v) is 3.18. The molecule has 0 saturated carbocycles. The summed E-state index contributed by atoms with van der Waals surface area (Å²) in [6.45, 7) is 3.75. The Labute approximate surface area is 105 Å². The number of nitrogens with one attached hydrogen (secondary N) is 1. The first kappa shape index (κ1) is 11.4. The second kappa shape index (κ2) is 4.89. The highest BCUT2D eigenvalue weighted by Crippen LogP contribution is 2.16. The molecule has 0 bridgehead atoms. The Hall–Kier alpha value is -1.69. The van der Waals surface area contributed by atoms with E-state index in [4.69, 9.17) is 4.74 Å². The predicted molar refractivity (Wildman–Crippen MR) is 67.6 cm³/mol. The van der Waals surface area contributed by atoms with Gasteiger partial charge in [-0.05, 0) is 26.2 Å². The second-order valence-corrected chi connectivity index (χ2v) is 4.61. The molecule has 0 amide bonds. The van der Waals surface area contributed by atoms with Crippen LogP contribution in [0.4, 0.5) is 5.82 Å². The second-order valence-electron chi connectivity index (χ2n) is 4.61. The third kappa shape index (κ3) is 2.28. The molecule has 1 fully saturated rings. The van der Waals surface area contributed by atoms with E-state index in [0.717, 1.165) is 31.1 Å². The van der Waals surface area contributed by atoms with Crippen molar-refractivity contribution in [1.82, 2.24) is 19.6 Å². The van der Waals surface area contributed by atoms with Gasteiger partial charge in [0.25, 0.3) is 5.78 Å². The number of ether oxygens (including phenoxy) is 1. The maximum atomic E-state index is 5.60. The van der Waals surface area contributed by atoms with Gasteiger partial charge in [0.05, 0.1) is 6.10 Å². The molecule has 6 heteroatoms. The molecular formula is C12H17N5O. The molecule has 96 valence electrons. The van der Waals surface area contributed by atoms with E-state index in [1.807, 2.05) is 13.0 Å². The standard InChI is InChI=1S/C12H17N5O/c1-9-7-11(17-12(16-9)14-8-15-17)13-5-4-10-3-2-6-18-10/h7-8,10,13H,2-6H2,1H3/t10-/m1/s1. The van der Waals surface area contributed by atoms with Crippen LogP contribution in [0.3, 0.4) is 0 Å². The van der Waals surface area contributed by atoms with Crippen molar-refractivity contribution >= 4 is 11.6 Å². The Balaban J connectivity index is 1.67.